The van der Waals surface area contributed by atoms with Gasteiger partial charge in [0.05, 0.1) is 17.0 Å². The Labute approximate surface area is 244 Å². The lowest BCUT2D eigenvalue weighted by Crippen LogP contribution is -2.39. The first-order valence-corrected chi connectivity index (χ1v) is 14.7. The number of anilines is 1. The highest BCUT2D eigenvalue weighted by molar-refractivity contribution is 5.87. The van der Waals surface area contributed by atoms with E-state index in [1.54, 1.807) is 13.8 Å². The van der Waals surface area contributed by atoms with Crippen molar-refractivity contribution in [3.63, 3.8) is 0 Å². The Morgan fingerprint density at radius 2 is 1.90 bits per heavy atom. The quantitative estimate of drug-likeness (QED) is 0.330. The summed E-state index contributed by atoms with van der Waals surface area (Å²) in [7, 11) is 0. The van der Waals surface area contributed by atoms with Crippen molar-refractivity contribution in [3.05, 3.63) is 52.5 Å². The van der Waals surface area contributed by atoms with Crippen LogP contribution < -0.4 is 10.1 Å². The van der Waals surface area contributed by atoms with Crippen molar-refractivity contribution in [1.82, 2.24) is 24.8 Å². The van der Waals surface area contributed by atoms with E-state index in [1.807, 2.05) is 17.9 Å². The van der Waals surface area contributed by atoms with Crippen LogP contribution in [-0.2, 0) is 17.1 Å². The molecule has 3 aromatic rings. The predicted molar refractivity (Wildman–Crippen MR) is 155 cm³/mol. The number of benzene rings is 1. The third-order valence-corrected chi connectivity index (χ3v) is 8.44. The fourth-order valence-electron chi connectivity index (χ4n) is 5.69. The van der Waals surface area contributed by atoms with Gasteiger partial charge < -0.3 is 15.0 Å². The Balaban J connectivity index is 1.44. The van der Waals surface area contributed by atoms with Crippen LogP contribution in [0.1, 0.15) is 68.5 Å². The second kappa shape index (κ2) is 12.4. The van der Waals surface area contributed by atoms with Crippen LogP contribution in [0.15, 0.2) is 24.3 Å². The zero-order valence-electron chi connectivity index (χ0n) is 24.7. The Kier molecular flexibility index (Phi) is 8.86. The summed E-state index contributed by atoms with van der Waals surface area (Å²) in [4.78, 5) is 29.9. The summed E-state index contributed by atoms with van der Waals surface area (Å²) in [6.45, 7) is 10.7. The van der Waals surface area contributed by atoms with Crippen LogP contribution in [0.3, 0.4) is 0 Å². The number of alkyl halides is 2. The van der Waals surface area contributed by atoms with Crippen molar-refractivity contribution in [2.75, 3.05) is 44.6 Å². The molecule has 2 aromatic heterocycles. The van der Waals surface area contributed by atoms with Gasteiger partial charge in [0.2, 0.25) is 5.91 Å². The lowest BCUT2D eigenvalue weighted by molar-refractivity contribution is -0.130. The maximum absolute atomic E-state index is 15.2. The Morgan fingerprint density at radius 1 is 1.17 bits per heavy atom. The molecule has 2 fully saturated rings. The van der Waals surface area contributed by atoms with E-state index < -0.39 is 23.3 Å². The second-order valence-corrected chi connectivity index (χ2v) is 11.6. The van der Waals surface area contributed by atoms with Crippen molar-refractivity contribution in [2.24, 2.45) is 5.92 Å². The van der Waals surface area contributed by atoms with Gasteiger partial charge in [0, 0.05) is 44.7 Å². The Bertz CT molecular complexity index is 1430. The molecule has 1 amide bonds. The number of hydrogen-bond acceptors (Lipinski definition) is 7. The third kappa shape index (κ3) is 6.77. The van der Waals surface area contributed by atoms with Gasteiger partial charge in [-0.05, 0) is 70.2 Å². The van der Waals surface area contributed by atoms with Crippen molar-refractivity contribution < 1.29 is 22.7 Å². The highest BCUT2D eigenvalue weighted by atomic mass is 19.3. The summed E-state index contributed by atoms with van der Waals surface area (Å²) in [5.74, 6) is -3.34. The van der Waals surface area contributed by atoms with Gasteiger partial charge in [0.1, 0.15) is 18.2 Å². The highest BCUT2D eigenvalue weighted by Gasteiger charge is 2.30. The minimum Gasteiger partial charge on any atom is -0.462 e. The van der Waals surface area contributed by atoms with E-state index in [4.69, 9.17) is 9.72 Å². The Morgan fingerprint density at radius 3 is 2.55 bits per heavy atom. The molecule has 0 unspecified atom stereocenters. The van der Waals surface area contributed by atoms with Gasteiger partial charge in [-0.1, -0.05) is 18.2 Å². The van der Waals surface area contributed by atoms with Crippen LogP contribution in [0.2, 0.25) is 0 Å². The molecule has 0 aliphatic carbocycles. The molecule has 8 nitrogen and oxygen atoms in total. The maximum atomic E-state index is 15.2. The van der Waals surface area contributed by atoms with Gasteiger partial charge in [-0.15, -0.1) is 0 Å². The summed E-state index contributed by atoms with van der Waals surface area (Å²) in [5, 5.41) is 3.89. The number of piperidine rings is 1. The molecule has 1 aromatic carbocycles. The number of carbonyl (C=O) groups is 1. The van der Waals surface area contributed by atoms with E-state index in [1.165, 1.54) is 18.6 Å². The molecule has 226 valence electrons. The number of hydrogen-bond donors (Lipinski definition) is 1. The number of nitrogens with zero attached hydrogens (tertiary/aromatic N) is 5. The molecule has 4 heterocycles. The fraction of sp³-hybridized carbons (Fsp3) is 0.548. The van der Waals surface area contributed by atoms with Crippen LogP contribution in [-0.4, -0.2) is 70.0 Å². The van der Waals surface area contributed by atoms with E-state index in [2.05, 4.69) is 20.2 Å². The molecule has 42 heavy (non-hydrogen) atoms. The number of nitrogens with one attached hydrogen (secondary N) is 1. The molecular formula is C31H39F3N6O2. The van der Waals surface area contributed by atoms with Crippen LogP contribution in [0.4, 0.5) is 19.0 Å². The summed E-state index contributed by atoms with van der Waals surface area (Å²) >= 11 is 0. The van der Waals surface area contributed by atoms with E-state index in [-0.39, 0.29) is 17.5 Å². The van der Waals surface area contributed by atoms with Gasteiger partial charge in [0.25, 0.3) is 5.92 Å². The third-order valence-electron chi connectivity index (χ3n) is 8.44. The standard InChI is InChI=1S/C31H39F3N6O2/c1-19-23(17-22-9-13-40(14-10-22)21(3)41)18-25-28(35-19)37-30(42-16-15-39-11-6-12-39)38-29(25)36-20(2)24-7-5-8-26(27(24)32)31(4,33)34/h5,7-8,18,20,22H,6,9-17H2,1-4H3,(H,35,36,37,38)/t20-/m1/s1. The summed E-state index contributed by atoms with van der Waals surface area (Å²) < 4.78 is 49.3. The maximum Gasteiger partial charge on any atom is 0.320 e. The minimum absolute atomic E-state index is 0.103. The molecule has 11 heteroatoms. The Hall–Kier alpha value is -3.47. The van der Waals surface area contributed by atoms with Crippen LogP contribution in [0.5, 0.6) is 6.01 Å². The average Bonchev–Trinajstić information content (AvgIpc) is 2.90. The normalized spacial score (nSPS) is 17.3. The lowest BCUT2D eigenvalue weighted by Gasteiger charge is -2.31. The molecule has 0 spiro atoms. The van der Waals surface area contributed by atoms with Gasteiger partial charge >= 0.3 is 6.01 Å². The number of aryl methyl sites for hydroxylation is 1. The lowest BCUT2D eigenvalue weighted by atomic mass is 9.89. The summed E-state index contributed by atoms with van der Waals surface area (Å²) in [6.07, 6.45) is 3.81. The van der Waals surface area contributed by atoms with Crippen molar-refractivity contribution >= 4 is 22.8 Å². The molecule has 1 N–H and O–H groups in total. The predicted octanol–water partition coefficient (Wildman–Crippen LogP) is 5.64. The van der Waals surface area contributed by atoms with Gasteiger partial charge in [0.15, 0.2) is 5.65 Å². The van der Waals surface area contributed by atoms with Gasteiger partial charge in [-0.2, -0.15) is 9.97 Å². The summed E-state index contributed by atoms with van der Waals surface area (Å²) in [6, 6.07) is 5.53. The zero-order chi connectivity index (χ0) is 30.0. The molecule has 2 saturated heterocycles. The second-order valence-electron chi connectivity index (χ2n) is 11.6. The van der Waals surface area contributed by atoms with Crippen molar-refractivity contribution in [2.45, 2.75) is 65.3 Å². The number of halogens is 3. The number of pyridine rings is 1. The molecule has 5 rings (SSSR count). The molecule has 0 radical (unpaired) electrons. The monoisotopic (exact) mass is 584 g/mol. The fourth-order valence-corrected chi connectivity index (χ4v) is 5.69. The molecule has 2 aliphatic heterocycles. The molecule has 0 saturated carbocycles. The largest absolute Gasteiger partial charge is 0.462 e. The smallest absolute Gasteiger partial charge is 0.320 e. The molecule has 2 aliphatic rings. The van der Waals surface area contributed by atoms with E-state index >= 15 is 4.39 Å². The number of rotatable bonds is 10. The van der Waals surface area contributed by atoms with Gasteiger partial charge in [-0.25, -0.2) is 18.2 Å². The first-order chi connectivity index (χ1) is 20.0. The highest BCUT2D eigenvalue weighted by Crippen LogP contribution is 2.34. The minimum atomic E-state index is -3.31. The number of ether oxygens (including phenoxy) is 1. The van der Waals surface area contributed by atoms with E-state index in [0.717, 1.165) is 69.3 Å². The molecule has 0 bridgehead atoms. The van der Waals surface area contributed by atoms with Crippen molar-refractivity contribution in [1.29, 1.82) is 0 Å². The number of amides is 1. The van der Waals surface area contributed by atoms with E-state index in [9.17, 15) is 13.6 Å². The van der Waals surface area contributed by atoms with Crippen molar-refractivity contribution in [3.8, 4) is 6.01 Å². The van der Waals surface area contributed by atoms with E-state index in [0.29, 0.717) is 36.3 Å². The topological polar surface area (TPSA) is 83.5 Å². The first-order valence-electron chi connectivity index (χ1n) is 14.7. The van der Waals surface area contributed by atoms with Crippen LogP contribution >= 0.6 is 0 Å². The number of likely N-dealkylation sites (tertiary alicyclic amines) is 2. The average molecular weight is 585 g/mol. The van der Waals surface area contributed by atoms with Gasteiger partial charge in [-0.3, -0.25) is 9.69 Å². The number of aromatic nitrogens is 3. The SMILES string of the molecule is CC(=O)N1CCC(Cc2cc3c(N[C@H](C)c4cccc(C(C)(F)F)c4F)nc(OCCN4CCC4)nc3nc2C)CC1. The number of fused-ring (bicyclic) bond motifs is 1. The molecular weight excluding hydrogens is 545 g/mol. The number of carbonyl (C=O) groups excluding carboxylic acids is 1. The zero-order valence-corrected chi connectivity index (χ0v) is 24.7. The van der Waals surface area contributed by atoms with Crippen LogP contribution in [0, 0.1) is 18.7 Å². The van der Waals surface area contributed by atoms with Crippen LogP contribution in [0.25, 0.3) is 11.0 Å². The molecule has 1 atom stereocenters. The first kappa shape index (κ1) is 30.0. The summed E-state index contributed by atoms with van der Waals surface area (Å²) in [5.41, 5.74) is 1.81.